The van der Waals surface area contributed by atoms with Crippen molar-refractivity contribution in [2.45, 2.75) is 31.0 Å². The number of methoxy groups -OCH3 is 1. The standard InChI is InChI=1S/C22H20N2O3S2/c1-4-17-18(14-7-5-13(2)6-8-14)19-20(23-12-24-21(19)29-17)28-11-15-9-10-16(27-15)22(25)26-3/h5-10,12H,4,11H2,1-3H3. The number of rotatable bonds is 6. The topological polar surface area (TPSA) is 65.2 Å². The molecule has 0 bridgehead atoms. The number of thioether (sulfide) groups is 1. The first-order chi connectivity index (χ1) is 14.1. The number of carbonyl (C=O) groups is 1. The van der Waals surface area contributed by atoms with Crippen LogP contribution >= 0.6 is 23.1 Å². The lowest BCUT2D eigenvalue weighted by Gasteiger charge is -2.07. The first-order valence-electron chi connectivity index (χ1n) is 9.24. The second-order valence-electron chi connectivity index (χ2n) is 6.53. The minimum Gasteiger partial charge on any atom is -0.463 e. The highest BCUT2D eigenvalue weighted by Crippen LogP contribution is 2.42. The van der Waals surface area contributed by atoms with E-state index in [4.69, 9.17) is 9.15 Å². The fraction of sp³-hybridized carbons (Fsp3) is 0.227. The van der Waals surface area contributed by atoms with Gasteiger partial charge < -0.3 is 9.15 Å². The van der Waals surface area contributed by atoms with Crippen molar-refractivity contribution in [3.8, 4) is 11.1 Å². The van der Waals surface area contributed by atoms with Crippen LogP contribution in [-0.2, 0) is 16.9 Å². The van der Waals surface area contributed by atoms with Gasteiger partial charge in [-0.05, 0) is 31.0 Å². The highest BCUT2D eigenvalue weighted by atomic mass is 32.2. The molecule has 0 saturated heterocycles. The Morgan fingerprint density at radius 2 is 1.97 bits per heavy atom. The van der Waals surface area contributed by atoms with Gasteiger partial charge >= 0.3 is 5.97 Å². The third-order valence-corrected chi connectivity index (χ3v) is 6.84. The number of hydrogen-bond acceptors (Lipinski definition) is 7. The van der Waals surface area contributed by atoms with Gasteiger partial charge in [0.2, 0.25) is 5.76 Å². The van der Waals surface area contributed by atoms with E-state index in [0.717, 1.165) is 21.7 Å². The van der Waals surface area contributed by atoms with Crippen LogP contribution in [0, 0.1) is 6.92 Å². The van der Waals surface area contributed by atoms with E-state index in [1.165, 1.54) is 28.7 Å². The van der Waals surface area contributed by atoms with Crippen molar-refractivity contribution in [3.05, 3.63) is 64.7 Å². The lowest BCUT2D eigenvalue weighted by atomic mass is 10.0. The van der Waals surface area contributed by atoms with Crippen LogP contribution in [0.1, 0.15) is 33.7 Å². The minimum absolute atomic E-state index is 0.208. The Kier molecular flexibility index (Phi) is 5.69. The Balaban J connectivity index is 1.71. The van der Waals surface area contributed by atoms with Crippen LogP contribution in [-0.4, -0.2) is 23.0 Å². The molecule has 0 N–H and O–H groups in total. The molecule has 4 rings (SSSR count). The summed E-state index contributed by atoms with van der Waals surface area (Å²) in [6.07, 6.45) is 2.55. The van der Waals surface area contributed by atoms with E-state index in [2.05, 4.69) is 48.1 Å². The molecule has 7 heteroatoms. The molecule has 0 amide bonds. The molecule has 0 aliphatic carbocycles. The van der Waals surface area contributed by atoms with Crippen molar-refractivity contribution in [1.82, 2.24) is 9.97 Å². The van der Waals surface area contributed by atoms with Crippen LogP contribution in [0.2, 0.25) is 0 Å². The Morgan fingerprint density at radius 3 is 2.69 bits per heavy atom. The molecule has 0 spiro atoms. The van der Waals surface area contributed by atoms with E-state index in [-0.39, 0.29) is 5.76 Å². The summed E-state index contributed by atoms with van der Waals surface area (Å²) in [6.45, 7) is 4.26. The number of aryl methyl sites for hydroxylation is 2. The van der Waals surface area contributed by atoms with Crippen LogP contribution in [0.15, 0.2) is 52.2 Å². The van der Waals surface area contributed by atoms with Gasteiger partial charge in [-0.1, -0.05) is 48.5 Å². The van der Waals surface area contributed by atoms with E-state index in [1.54, 1.807) is 41.6 Å². The van der Waals surface area contributed by atoms with E-state index in [0.29, 0.717) is 11.5 Å². The summed E-state index contributed by atoms with van der Waals surface area (Å²) in [6, 6.07) is 12.0. The van der Waals surface area contributed by atoms with Crippen LogP contribution in [0.4, 0.5) is 0 Å². The van der Waals surface area contributed by atoms with E-state index >= 15 is 0 Å². The number of esters is 1. The molecule has 0 fully saturated rings. The number of nitrogens with zero attached hydrogens (tertiary/aromatic N) is 2. The largest absolute Gasteiger partial charge is 0.463 e. The molecule has 0 unspecified atom stereocenters. The molecule has 29 heavy (non-hydrogen) atoms. The molecule has 1 aromatic carbocycles. The molecule has 4 aromatic rings. The summed E-state index contributed by atoms with van der Waals surface area (Å²) in [4.78, 5) is 23.0. The SMILES string of the molecule is CCc1sc2ncnc(SCc3ccc(C(=O)OC)o3)c2c1-c1ccc(C)cc1. The van der Waals surface area contributed by atoms with Gasteiger partial charge in [0.05, 0.1) is 18.2 Å². The third-order valence-electron chi connectivity index (χ3n) is 4.59. The summed E-state index contributed by atoms with van der Waals surface area (Å²) in [5, 5.41) is 2.00. The van der Waals surface area contributed by atoms with Crippen molar-refractivity contribution in [3.63, 3.8) is 0 Å². The number of fused-ring (bicyclic) bond motifs is 1. The number of thiophene rings is 1. The molecule has 3 aromatic heterocycles. The number of benzene rings is 1. The molecular weight excluding hydrogens is 404 g/mol. The van der Waals surface area contributed by atoms with Gasteiger partial charge in [-0.25, -0.2) is 14.8 Å². The van der Waals surface area contributed by atoms with Crippen LogP contribution < -0.4 is 0 Å². The Hall–Kier alpha value is -2.64. The first-order valence-corrected chi connectivity index (χ1v) is 11.0. The zero-order valence-electron chi connectivity index (χ0n) is 16.4. The van der Waals surface area contributed by atoms with Crippen LogP contribution in [0.25, 0.3) is 21.3 Å². The lowest BCUT2D eigenvalue weighted by molar-refractivity contribution is 0.0563. The van der Waals surface area contributed by atoms with Gasteiger partial charge in [0.25, 0.3) is 0 Å². The van der Waals surface area contributed by atoms with Gasteiger partial charge in [0.1, 0.15) is 21.9 Å². The maximum Gasteiger partial charge on any atom is 0.373 e. The quantitative estimate of drug-likeness (QED) is 0.218. The van der Waals surface area contributed by atoms with Gasteiger partial charge in [0.15, 0.2) is 0 Å². The van der Waals surface area contributed by atoms with Gasteiger partial charge in [-0.2, -0.15) is 0 Å². The lowest BCUT2D eigenvalue weighted by Crippen LogP contribution is -1.98. The molecule has 0 atom stereocenters. The highest BCUT2D eigenvalue weighted by Gasteiger charge is 2.19. The Morgan fingerprint density at radius 1 is 1.17 bits per heavy atom. The molecule has 5 nitrogen and oxygen atoms in total. The summed E-state index contributed by atoms with van der Waals surface area (Å²) < 4.78 is 10.3. The van der Waals surface area contributed by atoms with E-state index < -0.39 is 5.97 Å². The predicted molar refractivity (Wildman–Crippen MR) is 117 cm³/mol. The summed E-state index contributed by atoms with van der Waals surface area (Å²) in [7, 11) is 1.34. The van der Waals surface area contributed by atoms with E-state index in [1.807, 2.05) is 0 Å². The summed E-state index contributed by atoms with van der Waals surface area (Å²) in [5.41, 5.74) is 3.63. The van der Waals surface area contributed by atoms with Gasteiger partial charge in [-0.15, -0.1) is 11.3 Å². The van der Waals surface area contributed by atoms with Crippen LogP contribution in [0.5, 0.6) is 0 Å². The summed E-state index contributed by atoms with van der Waals surface area (Å²) >= 11 is 3.30. The average molecular weight is 425 g/mol. The van der Waals surface area contributed by atoms with Crippen LogP contribution in [0.3, 0.4) is 0 Å². The number of hydrogen-bond donors (Lipinski definition) is 0. The van der Waals surface area contributed by atoms with Crippen molar-refractivity contribution >= 4 is 39.3 Å². The maximum atomic E-state index is 11.6. The molecule has 3 heterocycles. The number of aromatic nitrogens is 2. The number of furan rings is 1. The smallest absolute Gasteiger partial charge is 0.373 e. The van der Waals surface area contributed by atoms with Crippen molar-refractivity contribution in [2.75, 3.05) is 7.11 Å². The normalized spacial score (nSPS) is 11.1. The molecule has 0 aliphatic rings. The average Bonchev–Trinajstić information content (AvgIpc) is 3.37. The Bertz CT molecular complexity index is 1160. The fourth-order valence-electron chi connectivity index (χ4n) is 3.14. The fourth-order valence-corrected chi connectivity index (χ4v) is 5.21. The third kappa shape index (κ3) is 3.93. The molecule has 148 valence electrons. The molecule has 0 saturated carbocycles. The van der Waals surface area contributed by atoms with E-state index in [9.17, 15) is 4.79 Å². The minimum atomic E-state index is -0.474. The predicted octanol–water partition coefficient (Wildman–Crippen LogP) is 5.90. The molecule has 0 radical (unpaired) electrons. The molecular formula is C22H20N2O3S2. The maximum absolute atomic E-state index is 11.6. The second kappa shape index (κ2) is 8.39. The Labute approximate surface area is 177 Å². The van der Waals surface area contributed by atoms with Gasteiger partial charge in [-0.3, -0.25) is 0 Å². The van der Waals surface area contributed by atoms with Crippen molar-refractivity contribution in [1.29, 1.82) is 0 Å². The monoisotopic (exact) mass is 424 g/mol. The van der Waals surface area contributed by atoms with Crippen molar-refractivity contribution < 1.29 is 13.9 Å². The van der Waals surface area contributed by atoms with Gasteiger partial charge in [0, 0.05) is 10.4 Å². The first kappa shape index (κ1) is 19.7. The zero-order chi connectivity index (χ0) is 20.4. The number of carbonyl (C=O) groups excluding carboxylic acids is 1. The number of ether oxygens (including phenoxy) is 1. The molecule has 0 aliphatic heterocycles. The summed E-state index contributed by atoms with van der Waals surface area (Å²) in [5.74, 6) is 0.996. The highest BCUT2D eigenvalue weighted by molar-refractivity contribution is 7.98. The van der Waals surface area contributed by atoms with Crippen molar-refractivity contribution in [2.24, 2.45) is 0 Å². The zero-order valence-corrected chi connectivity index (χ0v) is 18.0. The second-order valence-corrected chi connectivity index (χ2v) is 8.57.